The number of likely N-dealkylation sites (tertiary alicyclic amines) is 1. The Morgan fingerprint density at radius 1 is 1.42 bits per heavy atom. The quantitative estimate of drug-likeness (QED) is 0.779. The van der Waals surface area contributed by atoms with Crippen molar-refractivity contribution in [1.29, 1.82) is 0 Å². The zero-order valence-corrected chi connectivity index (χ0v) is 11.2. The van der Waals surface area contributed by atoms with Crippen LogP contribution in [0.3, 0.4) is 0 Å². The van der Waals surface area contributed by atoms with E-state index in [1.807, 2.05) is 19.9 Å². The van der Waals surface area contributed by atoms with Gasteiger partial charge in [-0.3, -0.25) is 4.98 Å². The van der Waals surface area contributed by atoms with Crippen LogP contribution in [0.1, 0.15) is 37.9 Å². The molecule has 0 bridgehead atoms. The van der Waals surface area contributed by atoms with Crippen LogP contribution < -0.4 is 0 Å². The van der Waals surface area contributed by atoms with Crippen molar-refractivity contribution in [2.45, 2.75) is 37.9 Å². The maximum atomic E-state index is 11.0. The molecule has 1 aromatic heterocycles. The van der Waals surface area contributed by atoms with Crippen molar-refractivity contribution in [1.82, 2.24) is 9.88 Å². The Morgan fingerprint density at radius 3 is 2.74 bits per heavy atom. The van der Waals surface area contributed by atoms with Crippen molar-refractivity contribution in [2.24, 2.45) is 0 Å². The molecule has 0 atom stereocenters. The van der Waals surface area contributed by atoms with Crippen LogP contribution in [0.2, 0.25) is 0 Å². The van der Waals surface area contributed by atoms with E-state index in [9.17, 15) is 4.79 Å². The predicted molar refractivity (Wildman–Crippen MR) is 68.9 cm³/mol. The zero-order valence-electron chi connectivity index (χ0n) is 11.2. The number of piperidine rings is 1. The minimum atomic E-state index is -0.849. The zero-order chi connectivity index (χ0) is 13.7. The summed E-state index contributed by atoms with van der Waals surface area (Å²) >= 11 is 0. The third-order valence-corrected chi connectivity index (χ3v) is 4.16. The number of hydrogen-bond donors (Lipinski definition) is 1. The van der Waals surface area contributed by atoms with Gasteiger partial charge in [0, 0.05) is 24.8 Å². The largest absolute Gasteiger partial charge is 0.465 e. The van der Waals surface area contributed by atoms with E-state index in [-0.39, 0.29) is 5.60 Å². The van der Waals surface area contributed by atoms with Crippen molar-refractivity contribution >= 4 is 6.09 Å². The van der Waals surface area contributed by atoms with E-state index < -0.39 is 11.7 Å². The minimum absolute atomic E-state index is 0.362. The minimum Gasteiger partial charge on any atom is -0.465 e. The first-order valence-corrected chi connectivity index (χ1v) is 6.59. The van der Waals surface area contributed by atoms with Crippen LogP contribution in [0.4, 0.5) is 4.79 Å². The molecule has 0 saturated carbocycles. The van der Waals surface area contributed by atoms with E-state index in [0.29, 0.717) is 25.9 Å². The van der Waals surface area contributed by atoms with Gasteiger partial charge in [-0.05, 0) is 32.8 Å². The first-order valence-electron chi connectivity index (χ1n) is 6.59. The van der Waals surface area contributed by atoms with Crippen molar-refractivity contribution in [3.05, 3.63) is 29.6 Å². The van der Waals surface area contributed by atoms with Crippen LogP contribution in [0.5, 0.6) is 0 Å². The number of hydrogen-bond acceptors (Lipinski definition) is 3. The number of carbonyl (C=O) groups is 1. The molecule has 0 unspecified atom stereocenters. The Bertz CT molecular complexity index is 519. The summed E-state index contributed by atoms with van der Waals surface area (Å²) in [6.45, 7) is 5.08. The number of rotatable bonds is 0. The average molecular weight is 262 g/mol. The summed E-state index contributed by atoms with van der Waals surface area (Å²) in [5.41, 5.74) is 1.35. The van der Waals surface area contributed by atoms with Crippen LogP contribution in [0.25, 0.3) is 0 Å². The van der Waals surface area contributed by atoms with E-state index in [1.54, 1.807) is 6.20 Å². The van der Waals surface area contributed by atoms with Gasteiger partial charge in [-0.2, -0.15) is 0 Å². The van der Waals surface area contributed by atoms with Crippen molar-refractivity contribution in [2.75, 3.05) is 13.1 Å². The second kappa shape index (κ2) is 3.93. The molecule has 2 aliphatic rings. The number of carboxylic acid groups (broad SMARTS) is 1. The highest BCUT2D eigenvalue weighted by atomic mass is 16.5. The van der Waals surface area contributed by atoms with Gasteiger partial charge in [-0.15, -0.1) is 0 Å². The molecule has 3 heterocycles. The Kier molecular flexibility index (Phi) is 2.57. The molecule has 19 heavy (non-hydrogen) atoms. The van der Waals surface area contributed by atoms with Gasteiger partial charge in [0.25, 0.3) is 0 Å². The van der Waals surface area contributed by atoms with Gasteiger partial charge < -0.3 is 14.7 Å². The lowest BCUT2D eigenvalue weighted by Gasteiger charge is -2.39. The van der Waals surface area contributed by atoms with Crippen LogP contribution >= 0.6 is 0 Å². The summed E-state index contributed by atoms with van der Waals surface area (Å²) in [6, 6.07) is 3.99. The van der Waals surface area contributed by atoms with Crippen molar-refractivity contribution in [3.8, 4) is 0 Å². The van der Waals surface area contributed by atoms with Gasteiger partial charge in [-0.25, -0.2) is 4.79 Å². The average Bonchev–Trinajstić information content (AvgIpc) is 2.59. The fraction of sp³-hybridized carbons (Fsp3) is 0.571. The number of aromatic nitrogens is 1. The second-order valence-corrected chi connectivity index (χ2v) is 5.78. The molecule has 5 nitrogen and oxygen atoms in total. The lowest BCUT2D eigenvalue weighted by molar-refractivity contribution is -0.148. The number of ether oxygens (including phenoxy) is 1. The monoisotopic (exact) mass is 262 g/mol. The van der Waals surface area contributed by atoms with Crippen LogP contribution in [-0.4, -0.2) is 34.2 Å². The molecule has 1 saturated heterocycles. The third-order valence-electron chi connectivity index (χ3n) is 4.16. The highest BCUT2D eigenvalue weighted by Gasteiger charge is 2.51. The van der Waals surface area contributed by atoms with Gasteiger partial charge in [0.05, 0.1) is 11.3 Å². The molecule has 0 aromatic carbocycles. The molecule has 1 N–H and O–H groups in total. The van der Waals surface area contributed by atoms with E-state index in [4.69, 9.17) is 9.84 Å². The van der Waals surface area contributed by atoms with Gasteiger partial charge >= 0.3 is 6.09 Å². The third kappa shape index (κ3) is 1.80. The summed E-state index contributed by atoms with van der Waals surface area (Å²) < 4.78 is 6.29. The van der Waals surface area contributed by atoms with Crippen molar-refractivity contribution < 1.29 is 14.6 Å². The van der Waals surface area contributed by atoms with E-state index >= 15 is 0 Å². The summed E-state index contributed by atoms with van der Waals surface area (Å²) in [5.74, 6) is 0. The van der Waals surface area contributed by atoms with E-state index in [1.165, 1.54) is 4.90 Å². The fourth-order valence-corrected chi connectivity index (χ4v) is 3.28. The van der Waals surface area contributed by atoms with Gasteiger partial charge in [-0.1, -0.05) is 6.07 Å². The highest BCUT2D eigenvalue weighted by molar-refractivity contribution is 5.65. The second-order valence-electron chi connectivity index (χ2n) is 5.78. The molecule has 3 rings (SSSR count). The van der Waals surface area contributed by atoms with Crippen LogP contribution in [-0.2, 0) is 15.9 Å². The normalized spacial score (nSPS) is 23.4. The highest BCUT2D eigenvalue weighted by Crippen LogP contribution is 2.50. The first kappa shape index (κ1) is 12.4. The SMILES string of the molecule is CC1(C)OC2(CCN(C(=O)O)CC2)c2cccnc21. The van der Waals surface area contributed by atoms with E-state index in [0.717, 1.165) is 11.3 Å². The predicted octanol–water partition coefficient (Wildman–Crippen LogP) is 2.32. The Hall–Kier alpha value is -1.62. The molecule has 1 amide bonds. The summed E-state index contributed by atoms with van der Waals surface area (Å²) in [5, 5.41) is 9.04. The number of pyridine rings is 1. The fourth-order valence-electron chi connectivity index (χ4n) is 3.28. The summed E-state index contributed by atoms with van der Waals surface area (Å²) in [4.78, 5) is 16.9. The maximum absolute atomic E-state index is 11.0. The lowest BCUT2D eigenvalue weighted by Crippen LogP contribution is -2.45. The van der Waals surface area contributed by atoms with Gasteiger partial charge in [0.1, 0.15) is 5.60 Å². The molecular weight excluding hydrogens is 244 g/mol. The molecular formula is C14H18N2O3. The summed E-state index contributed by atoms with van der Waals surface area (Å²) in [6.07, 6.45) is 2.33. The molecule has 0 aliphatic carbocycles. The number of amides is 1. The van der Waals surface area contributed by atoms with E-state index in [2.05, 4.69) is 11.1 Å². The molecule has 1 spiro atoms. The lowest BCUT2D eigenvalue weighted by atomic mass is 9.84. The van der Waals surface area contributed by atoms with Gasteiger partial charge in [0.15, 0.2) is 0 Å². The molecule has 0 radical (unpaired) electrons. The smallest absolute Gasteiger partial charge is 0.407 e. The molecule has 1 aromatic rings. The topological polar surface area (TPSA) is 62.7 Å². The Labute approximate surface area is 112 Å². The standard InChI is InChI=1S/C14H18N2O3/c1-13(2)11-10(4-3-7-15-11)14(19-13)5-8-16(9-6-14)12(17)18/h3-4,7H,5-6,8-9H2,1-2H3,(H,17,18). The molecule has 1 fully saturated rings. The van der Waals surface area contributed by atoms with Gasteiger partial charge in [0.2, 0.25) is 0 Å². The van der Waals surface area contributed by atoms with Crippen LogP contribution in [0.15, 0.2) is 18.3 Å². The first-order chi connectivity index (χ1) is 8.95. The number of nitrogens with zero attached hydrogens (tertiary/aromatic N) is 2. The molecule has 102 valence electrons. The molecule has 2 aliphatic heterocycles. The van der Waals surface area contributed by atoms with Crippen LogP contribution in [0, 0.1) is 0 Å². The Morgan fingerprint density at radius 2 is 2.11 bits per heavy atom. The maximum Gasteiger partial charge on any atom is 0.407 e. The summed E-state index contributed by atoms with van der Waals surface area (Å²) in [7, 11) is 0. The molecule has 5 heteroatoms. The van der Waals surface area contributed by atoms with Crippen molar-refractivity contribution in [3.63, 3.8) is 0 Å². The Balaban J connectivity index is 1.94. The number of fused-ring (bicyclic) bond motifs is 2.